The fourth-order valence-electron chi connectivity index (χ4n) is 1.17. The van der Waals surface area contributed by atoms with E-state index in [-0.39, 0.29) is 5.72 Å². The number of para-hydroxylation sites is 1. The molecule has 1 aromatic carbocycles. The van der Waals surface area contributed by atoms with E-state index in [1.807, 2.05) is 44.2 Å². The van der Waals surface area contributed by atoms with Crippen molar-refractivity contribution in [1.29, 1.82) is 0 Å². The van der Waals surface area contributed by atoms with Crippen molar-refractivity contribution < 1.29 is 4.74 Å². The predicted molar refractivity (Wildman–Crippen MR) is 59.9 cm³/mol. The number of ether oxygens (including phenoxy) is 1. The van der Waals surface area contributed by atoms with Crippen molar-refractivity contribution in [3.05, 3.63) is 30.3 Å². The molecule has 0 heterocycles. The molecule has 0 saturated carbocycles. The van der Waals surface area contributed by atoms with Crippen LogP contribution in [0.15, 0.2) is 30.3 Å². The molecule has 1 aromatic rings. The van der Waals surface area contributed by atoms with Crippen LogP contribution in [0.5, 0.6) is 5.75 Å². The Morgan fingerprint density at radius 2 is 1.93 bits per heavy atom. The van der Waals surface area contributed by atoms with Gasteiger partial charge in [0.25, 0.3) is 0 Å². The molecule has 0 aliphatic heterocycles. The van der Waals surface area contributed by atoms with E-state index in [1.165, 1.54) is 0 Å². The summed E-state index contributed by atoms with van der Waals surface area (Å²) in [5, 5.41) is 3.20. The second-order valence-corrected chi connectivity index (χ2v) is 3.92. The van der Waals surface area contributed by atoms with Gasteiger partial charge in [-0.3, -0.25) is 5.32 Å². The van der Waals surface area contributed by atoms with Gasteiger partial charge in [-0.15, -0.1) is 11.6 Å². The molecule has 0 aliphatic carbocycles. The highest BCUT2D eigenvalue weighted by molar-refractivity contribution is 6.18. The average Bonchev–Trinajstić information content (AvgIpc) is 2.16. The number of benzene rings is 1. The maximum absolute atomic E-state index is 5.73. The van der Waals surface area contributed by atoms with Crippen LogP contribution in [-0.2, 0) is 0 Å². The van der Waals surface area contributed by atoms with Crippen molar-refractivity contribution in [3.63, 3.8) is 0 Å². The van der Waals surface area contributed by atoms with Crippen LogP contribution in [0.2, 0.25) is 0 Å². The minimum atomic E-state index is -0.379. The van der Waals surface area contributed by atoms with E-state index < -0.39 is 0 Å². The van der Waals surface area contributed by atoms with E-state index in [9.17, 15) is 0 Å². The summed E-state index contributed by atoms with van der Waals surface area (Å²) in [6, 6.07) is 9.74. The number of halogens is 1. The van der Waals surface area contributed by atoms with Crippen LogP contribution >= 0.6 is 11.6 Å². The Hall–Kier alpha value is -0.730. The Balaban J connectivity index is 2.50. The zero-order chi connectivity index (χ0) is 10.4. The first kappa shape index (κ1) is 11.3. The minimum absolute atomic E-state index is 0.379. The first-order chi connectivity index (χ1) is 6.64. The van der Waals surface area contributed by atoms with Gasteiger partial charge in [0.2, 0.25) is 0 Å². The van der Waals surface area contributed by atoms with Gasteiger partial charge in [-0.2, -0.15) is 0 Å². The van der Waals surface area contributed by atoms with E-state index in [0.717, 1.165) is 12.3 Å². The quantitative estimate of drug-likeness (QED) is 0.600. The molecule has 1 N–H and O–H groups in total. The molecule has 0 radical (unpaired) electrons. The van der Waals surface area contributed by atoms with Crippen molar-refractivity contribution >= 4 is 11.6 Å². The molecule has 1 rings (SSSR count). The molecule has 0 unspecified atom stereocenters. The summed E-state index contributed by atoms with van der Waals surface area (Å²) >= 11 is 5.59. The maximum Gasteiger partial charge on any atom is 0.155 e. The van der Waals surface area contributed by atoms with Crippen molar-refractivity contribution in [2.24, 2.45) is 0 Å². The summed E-state index contributed by atoms with van der Waals surface area (Å²) in [6.45, 7) is 4.69. The Bertz CT molecular complexity index is 261. The predicted octanol–water partition coefficient (Wildman–Crippen LogP) is 2.63. The summed E-state index contributed by atoms with van der Waals surface area (Å²) in [7, 11) is 0. The van der Waals surface area contributed by atoms with Gasteiger partial charge in [-0.1, -0.05) is 18.2 Å². The number of alkyl halides is 1. The summed E-state index contributed by atoms with van der Waals surface area (Å²) < 4.78 is 5.73. The zero-order valence-corrected chi connectivity index (χ0v) is 9.34. The lowest BCUT2D eigenvalue weighted by Gasteiger charge is -2.27. The number of hydrogen-bond donors (Lipinski definition) is 1. The summed E-state index contributed by atoms with van der Waals surface area (Å²) in [4.78, 5) is 0. The standard InChI is InChI=1S/C11H16ClNO/c1-11(2,13-9-8-12)14-10-6-4-3-5-7-10/h3-7,13H,8-9H2,1-2H3. The topological polar surface area (TPSA) is 21.3 Å². The molecule has 3 heteroatoms. The van der Waals surface area contributed by atoms with Crippen molar-refractivity contribution in [3.8, 4) is 5.75 Å². The molecular weight excluding hydrogens is 198 g/mol. The van der Waals surface area contributed by atoms with Crippen LogP contribution in [0.25, 0.3) is 0 Å². The van der Waals surface area contributed by atoms with Gasteiger partial charge in [-0.05, 0) is 26.0 Å². The lowest BCUT2D eigenvalue weighted by atomic mass is 10.3. The van der Waals surface area contributed by atoms with Crippen LogP contribution in [-0.4, -0.2) is 18.1 Å². The number of hydrogen-bond acceptors (Lipinski definition) is 2. The second-order valence-electron chi connectivity index (χ2n) is 3.54. The van der Waals surface area contributed by atoms with E-state index in [2.05, 4.69) is 5.32 Å². The lowest BCUT2D eigenvalue weighted by Crippen LogP contribution is -2.45. The second kappa shape index (κ2) is 5.23. The van der Waals surface area contributed by atoms with Crippen molar-refractivity contribution in [2.75, 3.05) is 12.4 Å². The Labute approximate surface area is 90.2 Å². The molecule has 0 amide bonds. The van der Waals surface area contributed by atoms with E-state index in [4.69, 9.17) is 16.3 Å². The largest absolute Gasteiger partial charge is 0.473 e. The molecule has 0 aliphatic rings. The minimum Gasteiger partial charge on any atom is -0.473 e. The Kier molecular flexibility index (Phi) is 4.23. The molecule has 0 saturated heterocycles. The smallest absolute Gasteiger partial charge is 0.155 e. The van der Waals surface area contributed by atoms with Gasteiger partial charge in [-0.25, -0.2) is 0 Å². The third-order valence-electron chi connectivity index (χ3n) is 1.76. The van der Waals surface area contributed by atoms with Crippen LogP contribution in [0.4, 0.5) is 0 Å². The van der Waals surface area contributed by atoms with Crippen molar-refractivity contribution in [2.45, 2.75) is 19.6 Å². The highest BCUT2D eigenvalue weighted by Crippen LogP contribution is 2.15. The molecule has 0 atom stereocenters. The third kappa shape index (κ3) is 3.99. The van der Waals surface area contributed by atoms with E-state index in [0.29, 0.717) is 5.88 Å². The molecule has 0 spiro atoms. The fraction of sp³-hybridized carbons (Fsp3) is 0.455. The highest BCUT2D eigenvalue weighted by Gasteiger charge is 2.17. The zero-order valence-electron chi connectivity index (χ0n) is 8.59. The molecule has 0 fully saturated rings. The van der Waals surface area contributed by atoms with Crippen LogP contribution in [0.3, 0.4) is 0 Å². The Morgan fingerprint density at radius 3 is 2.50 bits per heavy atom. The van der Waals surface area contributed by atoms with E-state index in [1.54, 1.807) is 0 Å². The average molecular weight is 214 g/mol. The monoisotopic (exact) mass is 213 g/mol. The maximum atomic E-state index is 5.73. The molecule has 2 nitrogen and oxygen atoms in total. The summed E-state index contributed by atoms with van der Waals surface area (Å²) in [5.74, 6) is 1.45. The van der Waals surface area contributed by atoms with Crippen LogP contribution in [0.1, 0.15) is 13.8 Å². The van der Waals surface area contributed by atoms with Crippen LogP contribution < -0.4 is 10.1 Å². The summed E-state index contributed by atoms with van der Waals surface area (Å²) in [5.41, 5.74) is -0.379. The number of rotatable bonds is 5. The van der Waals surface area contributed by atoms with Gasteiger partial charge in [0.15, 0.2) is 5.72 Å². The Morgan fingerprint density at radius 1 is 1.29 bits per heavy atom. The molecule has 78 valence electrons. The fourth-order valence-corrected chi connectivity index (χ4v) is 1.26. The summed E-state index contributed by atoms with van der Waals surface area (Å²) in [6.07, 6.45) is 0. The van der Waals surface area contributed by atoms with Crippen LogP contribution in [0, 0.1) is 0 Å². The number of nitrogens with one attached hydrogen (secondary N) is 1. The molecule has 14 heavy (non-hydrogen) atoms. The van der Waals surface area contributed by atoms with Gasteiger partial charge in [0.1, 0.15) is 5.75 Å². The van der Waals surface area contributed by atoms with Gasteiger partial charge in [0, 0.05) is 12.4 Å². The molecular formula is C11H16ClNO. The third-order valence-corrected chi connectivity index (χ3v) is 1.95. The first-order valence-corrected chi connectivity index (χ1v) is 5.22. The first-order valence-electron chi connectivity index (χ1n) is 4.69. The van der Waals surface area contributed by atoms with Gasteiger partial charge >= 0.3 is 0 Å². The van der Waals surface area contributed by atoms with Gasteiger partial charge < -0.3 is 4.74 Å². The SMILES string of the molecule is CC(C)(NCCCl)Oc1ccccc1. The molecule has 0 bridgehead atoms. The van der Waals surface area contributed by atoms with Gasteiger partial charge in [0.05, 0.1) is 0 Å². The van der Waals surface area contributed by atoms with Crippen molar-refractivity contribution in [1.82, 2.24) is 5.32 Å². The normalized spacial score (nSPS) is 11.4. The highest BCUT2D eigenvalue weighted by atomic mass is 35.5. The lowest BCUT2D eigenvalue weighted by molar-refractivity contribution is 0.0739. The van der Waals surface area contributed by atoms with E-state index >= 15 is 0 Å². The molecule has 0 aromatic heterocycles.